The summed E-state index contributed by atoms with van der Waals surface area (Å²) in [4.78, 5) is 11.1. The van der Waals surface area contributed by atoms with Crippen LogP contribution in [0.3, 0.4) is 0 Å². The number of hydrogen-bond donors (Lipinski definition) is 2. The number of ketones is 1. The van der Waals surface area contributed by atoms with Crippen molar-refractivity contribution in [1.29, 1.82) is 5.41 Å². The number of amidine groups is 1. The molecule has 0 bridgehead atoms. The van der Waals surface area contributed by atoms with Crippen LogP contribution in [0.4, 0.5) is 0 Å². The van der Waals surface area contributed by atoms with Crippen molar-refractivity contribution in [3.8, 4) is 0 Å². The lowest BCUT2D eigenvalue weighted by molar-refractivity contribution is -0.118. The van der Waals surface area contributed by atoms with Crippen molar-refractivity contribution in [3.63, 3.8) is 0 Å². The van der Waals surface area contributed by atoms with Crippen LogP contribution in [0.5, 0.6) is 0 Å². The van der Waals surface area contributed by atoms with Crippen LogP contribution in [-0.2, 0) is 4.79 Å². The quantitative estimate of drug-likeness (QED) is 0.637. The van der Waals surface area contributed by atoms with Gasteiger partial charge >= 0.3 is 0 Å². The van der Waals surface area contributed by atoms with Crippen molar-refractivity contribution in [2.45, 2.75) is 33.1 Å². The Hall–Kier alpha value is -1.35. The lowest BCUT2D eigenvalue weighted by Crippen LogP contribution is -2.00. The van der Waals surface area contributed by atoms with Gasteiger partial charge in [-0.1, -0.05) is 29.8 Å². The molecule has 0 spiro atoms. The van der Waals surface area contributed by atoms with E-state index in [1.165, 1.54) is 6.92 Å². The van der Waals surface area contributed by atoms with Gasteiger partial charge in [-0.25, -0.2) is 0 Å². The molecule has 0 aliphatic heterocycles. The number of nitrogens with two attached hydrogens (primary N) is 1. The number of carbonyl (C=O) groups is 1. The zero-order chi connectivity index (χ0) is 13.9. The van der Waals surface area contributed by atoms with E-state index < -0.39 is 0 Å². The topological polar surface area (TPSA) is 66.9 Å². The molecule has 3 nitrogen and oxygen atoms in total. The Balaban J connectivity index is 0.000000357. The van der Waals surface area contributed by atoms with E-state index in [-0.39, 0.29) is 17.5 Å². The Kier molecular flexibility index (Phi) is 4.91. The molecule has 0 aromatic heterocycles. The van der Waals surface area contributed by atoms with E-state index in [9.17, 15) is 4.79 Å². The highest BCUT2D eigenvalue weighted by Crippen LogP contribution is 2.50. The predicted molar refractivity (Wildman–Crippen MR) is 75.3 cm³/mol. The summed E-state index contributed by atoms with van der Waals surface area (Å²) in [6, 6.07) is 6.03. The van der Waals surface area contributed by atoms with Gasteiger partial charge in [-0.3, -0.25) is 10.2 Å². The highest BCUT2D eigenvalue weighted by molar-refractivity contribution is 6.32. The molecular weight excluding hydrogens is 248 g/mol. The number of rotatable bonds is 2. The minimum absolute atomic E-state index is 0.167. The summed E-state index contributed by atoms with van der Waals surface area (Å²) in [5.74, 6) is 1.04. The van der Waals surface area contributed by atoms with Gasteiger partial charge in [-0.2, -0.15) is 0 Å². The summed E-state index contributed by atoms with van der Waals surface area (Å²) in [6.07, 6.45) is 0.971. The minimum Gasteiger partial charge on any atom is -0.388 e. The minimum atomic E-state index is 0.167. The lowest BCUT2D eigenvalue weighted by Gasteiger charge is -2.05. The molecule has 1 aliphatic rings. The first-order chi connectivity index (χ1) is 8.34. The molecule has 1 aromatic carbocycles. The smallest absolute Gasteiger partial charge is 0.133 e. The first-order valence-corrected chi connectivity index (χ1v) is 6.28. The molecular formula is C14H19ClN2O. The Bertz CT molecular complexity index is 467. The summed E-state index contributed by atoms with van der Waals surface area (Å²) < 4.78 is 0. The molecule has 0 amide bonds. The molecule has 18 heavy (non-hydrogen) atoms. The van der Waals surface area contributed by atoms with Crippen molar-refractivity contribution in [2.75, 3.05) is 0 Å². The Morgan fingerprint density at radius 2 is 2.00 bits per heavy atom. The van der Waals surface area contributed by atoms with Gasteiger partial charge in [0.15, 0.2) is 0 Å². The average molecular weight is 267 g/mol. The zero-order valence-corrected chi connectivity index (χ0v) is 11.7. The first-order valence-electron chi connectivity index (χ1n) is 5.90. The first kappa shape index (κ1) is 14.7. The second-order valence-electron chi connectivity index (χ2n) is 4.72. The Morgan fingerprint density at radius 1 is 1.44 bits per heavy atom. The van der Waals surface area contributed by atoms with Crippen LogP contribution in [-0.4, -0.2) is 11.6 Å². The second kappa shape index (κ2) is 6.01. The maximum absolute atomic E-state index is 11.1. The Labute approximate surface area is 113 Å². The van der Waals surface area contributed by atoms with Gasteiger partial charge in [0.25, 0.3) is 0 Å². The third-order valence-electron chi connectivity index (χ3n) is 2.93. The predicted octanol–water partition coefficient (Wildman–Crippen LogP) is 3.28. The van der Waals surface area contributed by atoms with E-state index >= 15 is 0 Å². The molecule has 98 valence electrons. The Morgan fingerprint density at radius 3 is 2.44 bits per heavy atom. The highest BCUT2D eigenvalue weighted by Gasteiger charge is 2.42. The van der Waals surface area contributed by atoms with Crippen molar-refractivity contribution < 1.29 is 4.79 Å². The summed E-state index contributed by atoms with van der Waals surface area (Å²) in [5.41, 5.74) is 6.94. The molecule has 0 saturated heterocycles. The largest absolute Gasteiger partial charge is 0.388 e. The van der Waals surface area contributed by atoms with Crippen LogP contribution in [0.25, 0.3) is 0 Å². The van der Waals surface area contributed by atoms with Gasteiger partial charge in [0, 0.05) is 10.9 Å². The molecule has 1 fully saturated rings. The second-order valence-corrected chi connectivity index (χ2v) is 5.10. The summed E-state index contributed by atoms with van der Waals surface area (Å²) >= 11 is 6.19. The molecule has 0 heterocycles. The molecule has 4 heteroatoms. The summed E-state index contributed by atoms with van der Waals surface area (Å²) in [5, 5.41) is 7.11. The van der Waals surface area contributed by atoms with Crippen molar-refractivity contribution >= 4 is 23.2 Å². The molecule has 3 N–H and O–H groups in total. The zero-order valence-electron chi connectivity index (χ0n) is 11.0. The van der Waals surface area contributed by atoms with E-state index in [1.807, 2.05) is 25.1 Å². The average Bonchev–Trinajstić information content (AvgIpc) is 3.01. The maximum atomic E-state index is 11.1. The van der Waals surface area contributed by atoms with Crippen LogP contribution < -0.4 is 5.73 Å². The van der Waals surface area contributed by atoms with Crippen molar-refractivity contribution in [1.82, 2.24) is 0 Å². The van der Waals surface area contributed by atoms with Crippen LogP contribution in [0.2, 0.25) is 5.02 Å². The van der Waals surface area contributed by atoms with Gasteiger partial charge in [0.2, 0.25) is 0 Å². The van der Waals surface area contributed by atoms with E-state index in [2.05, 4.69) is 0 Å². The van der Waals surface area contributed by atoms with Gasteiger partial charge in [-0.15, -0.1) is 0 Å². The number of hydrogen-bond acceptors (Lipinski definition) is 2. The van der Waals surface area contributed by atoms with E-state index in [0.29, 0.717) is 5.92 Å². The fraction of sp³-hybridized carbons (Fsp3) is 0.429. The number of nitrogens with one attached hydrogen (secondary N) is 1. The number of carbonyl (C=O) groups excluding carboxylic acids is 1. The lowest BCUT2D eigenvalue weighted by atomic mass is 10.1. The normalized spacial score (nSPS) is 20.7. The van der Waals surface area contributed by atoms with Gasteiger partial charge in [-0.05, 0) is 44.2 Å². The van der Waals surface area contributed by atoms with E-state index in [0.717, 1.165) is 22.6 Å². The molecule has 1 aromatic rings. The summed E-state index contributed by atoms with van der Waals surface area (Å²) in [7, 11) is 0. The van der Waals surface area contributed by atoms with Gasteiger partial charge in [0.05, 0.1) is 5.84 Å². The summed E-state index contributed by atoms with van der Waals surface area (Å²) in [6.45, 7) is 5.19. The third-order valence-corrected chi connectivity index (χ3v) is 3.45. The fourth-order valence-corrected chi connectivity index (χ4v) is 2.21. The van der Waals surface area contributed by atoms with Crippen molar-refractivity contribution in [3.05, 3.63) is 34.3 Å². The van der Waals surface area contributed by atoms with Crippen LogP contribution in [0, 0.1) is 18.3 Å². The number of Topliss-reactive ketones (excluding diaryl/α,β-unsaturated/α-hetero) is 1. The molecule has 1 saturated carbocycles. The van der Waals surface area contributed by atoms with Crippen LogP contribution in [0.15, 0.2) is 18.2 Å². The third kappa shape index (κ3) is 3.84. The van der Waals surface area contributed by atoms with E-state index in [1.54, 1.807) is 6.92 Å². The molecule has 2 rings (SSSR count). The van der Waals surface area contributed by atoms with E-state index in [4.69, 9.17) is 22.7 Å². The van der Waals surface area contributed by atoms with Gasteiger partial charge < -0.3 is 5.73 Å². The monoisotopic (exact) mass is 266 g/mol. The van der Waals surface area contributed by atoms with Crippen LogP contribution >= 0.6 is 11.6 Å². The van der Waals surface area contributed by atoms with Crippen LogP contribution in [0.1, 0.15) is 37.3 Å². The number of benzene rings is 1. The van der Waals surface area contributed by atoms with Crippen molar-refractivity contribution in [2.24, 2.45) is 11.7 Å². The number of halogens is 1. The fourth-order valence-electron chi connectivity index (χ4n) is 1.94. The molecule has 0 radical (unpaired) electrons. The number of aryl methyl sites for hydroxylation is 1. The molecule has 2 unspecified atom stereocenters. The maximum Gasteiger partial charge on any atom is 0.133 e. The van der Waals surface area contributed by atoms with Gasteiger partial charge in [0.1, 0.15) is 5.78 Å². The standard InChI is InChI=1S/C12H13ClO.C2H6N2/c1-7-4-3-5-9(12(7)13)11-6-10(11)8(2)14;1-2(3)4/h3-5,10-11H,6H2,1-2H3;1H3,(H3,3,4). The molecule has 1 aliphatic carbocycles. The SMILES string of the molecule is CC(=N)N.CC(=O)C1CC1c1cccc(C)c1Cl. The highest BCUT2D eigenvalue weighted by atomic mass is 35.5. The molecule has 2 atom stereocenters.